The van der Waals surface area contributed by atoms with E-state index in [9.17, 15) is 18.4 Å². The summed E-state index contributed by atoms with van der Waals surface area (Å²) in [4.78, 5) is 52.4. The zero-order chi connectivity index (χ0) is 41.2. The fourth-order valence-electron chi connectivity index (χ4n) is 6.45. The summed E-state index contributed by atoms with van der Waals surface area (Å²) in [7, 11) is -1.75. The van der Waals surface area contributed by atoms with Gasteiger partial charge in [0.2, 0.25) is 11.9 Å². The highest BCUT2D eigenvalue weighted by atomic mass is 79.9. The number of ketones is 2. The van der Waals surface area contributed by atoms with Crippen LogP contribution in [-0.4, -0.2) is 58.6 Å². The van der Waals surface area contributed by atoms with E-state index >= 15 is 0 Å². The first-order chi connectivity index (χ1) is 27.9. The number of thiophene rings is 2. The van der Waals surface area contributed by atoms with Gasteiger partial charge in [0.15, 0.2) is 11.6 Å². The van der Waals surface area contributed by atoms with Crippen LogP contribution in [0.15, 0.2) is 65.8 Å². The first-order valence-electron chi connectivity index (χ1n) is 18.7. The third-order valence-electron chi connectivity index (χ3n) is 9.48. The van der Waals surface area contributed by atoms with Crippen molar-refractivity contribution in [1.29, 1.82) is 0 Å². The fourth-order valence-corrected chi connectivity index (χ4v) is 9.19. The Bertz CT molecular complexity index is 2330. The van der Waals surface area contributed by atoms with Crippen LogP contribution in [0.3, 0.4) is 0 Å². The largest absolute Gasteiger partial charge is 0.490 e. The third kappa shape index (κ3) is 11.6. The average molecular weight is 890 g/mol. The van der Waals surface area contributed by atoms with Crippen molar-refractivity contribution in [2.24, 2.45) is 0 Å². The van der Waals surface area contributed by atoms with Gasteiger partial charge in [-0.15, -0.1) is 22.7 Å². The van der Waals surface area contributed by atoms with Crippen molar-refractivity contribution in [1.82, 2.24) is 29.9 Å². The maximum atomic E-state index is 14.4. The Balaban J connectivity index is 0.000000166. The van der Waals surface area contributed by atoms with Crippen LogP contribution < -0.4 is 16.9 Å². The number of pyridine rings is 2. The molecule has 2 aliphatic rings. The van der Waals surface area contributed by atoms with Crippen LogP contribution in [0.1, 0.15) is 90.1 Å². The number of nitrogens with zero attached hydrogens (tertiary/aromatic N) is 6. The Labute approximate surface area is 350 Å². The smallest absolute Gasteiger partial charge is 0.423 e. The number of fused-ring (bicyclic) bond motifs is 2. The minimum Gasteiger partial charge on any atom is -0.423 e. The molecular weight excluding hydrogens is 849 g/mol. The Morgan fingerprint density at radius 1 is 0.707 bits per heavy atom. The molecular formula is C40H40BBrF2N8O4S2. The first kappa shape index (κ1) is 42.7. The minimum absolute atomic E-state index is 0.00325. The van der Waals surface area contributed by atoms with Crippen LogP contribution in [0, 0.1) is 11.6 Å². The molecule has 0 aliphatic heterocycles. The molecule has 6 aromatic rings. The van der Waals surface area contributed by atoms with Crippen molar-refractivity contribution in [2.45, 2.75) is 77.0 Å². The molecule has 0 saturated carbocycles. The molecule has 6 N–H and O–H groups in total. The lowest BCUT2D eigenvalue weighted by Gasteiger charge is -2.08. The highest BCUT2D eigenvalue weighted by molar-refractivity contribution is 9.10. The Hall–Kier alpha value is -4.88. The van der Waals surface area contributed by atoms with Gasteiger partial charge < -0.3 is 21.5 Å². The molecule has 0 fully saturated rings. The van der Waals surface area contributed by atoms with Crippen molar-refractivity contribution in [3.63, 3.8) is 0 Å². The van der Waals surface area contributed by atoms with Gasteiger partial charge in [0.25, 0.3) is 0 Å². The second-order valence-electron chi connectivity index (χ2n) is 13.6. The summed E-state index contributed by atoms with van der Waals surface area (Å²) in [6.07, 6.45) is 15.8. The van der Waals surface area contributed by atoms with Gasteiger partial charge in [0.05, 0.1) is 26.8 Å². The standard InChI is InChI=1S/C20H19FN4OS.C16H17BFNO3S.C4H4BrN3/c21-14-9-13(15-7-8-23-20(22)25-15)11-24-16(14)5-6-17(26)19-10-12-3-1-2-4-18(12)27-19;18-12-8-11(17(21)22)9-19-13(12)5-6-14(20)16-7-10-3-1-2-4-15(10)23-16;5-3-1-2-7-4(6)8-3/h7-11H,1-6H2,(H2,22,23,25);7-9,21-22H,1-6H2;1-2H,(H2,6,7,8). The van der Waals surface area contributed by atoms with E-state index in [1.165, 1.54) is 65.0 Å². The van der Waals surface area contributed by atoms with E-state index in [2.05, 4.69) is 45.8 Å². The summed E-state index contributed by atoms with van der Waals surface area (Å²) in [5.74, 6) is -0.572. The van der Waals surface area contributed by atoms with Crippen LogP contribution in [0.2, 0.25) is 0 Å². The topological polar surface area (TPSA) is 204 Å². The van der Waals surface area contributed by atoms with Gasteiger partial charge in [0, 0.05) is 58.4 Å². The number of carbonyl (C=O) groups excluding carboxylic acids is 2. The monoisotopic (exact) mass is 888 g/mol. The molecule has 0 aromatic carbocycles. The molecule has 18 heteroatoms. The normalized spacial score (nSPS) is 12.9. The van der Waals surface area contributed by atoms with Crippen LogP contribution in [0.4, 0.5) is 20.7 Å². The summed E-state index contributed by atoms with van der Waals surface area (Å²) < 4.78 is 29.0. The highest BCUT2D eigenvalue weighted by Crippen LogP contribution is 2.32. The first-order valence-corrected chi connectivity index (χ1v) is 21.1. The minimum atomic E-state index is -1.75. The second kappa shape index (κ2) is 20.2. The highest BCUT2D eigenvalue weighted by Gasteiger charge is 2.20. The summed E-state index contributed by atoms with van der Waals surface area (Å²) in [5, 5.41) is 18.0. The average Bonchev–Trinajstić information content (AvgIpc) is 3.85. The number of hydrogen-bond donors (Lipinski definition) is 4. The molecule has 0 atom stereocenters. The van der Waals surface area contributed by atoms with Gasteiger partial charge in [-0.2, -0.15) is 0 Å². The number of hydrogen-bond acceptors (Lipinski definition) is 14. The number of halogens is 3. The van der Waals surface area contributed by atoms with Crippen molar-refractivity contribution in [3.05, 3.63) is 119 Å². The lowest BCUT2D eigenvalue weighted by molar-refractivity contribution is 0.0978. The van der Waals surface area contributed by atoms with E-state index in [0.29, 0.717) is 21.8 Å². The molecule has 8 rings (SSSR count). The number of nitrogens with two attached hydrogens (primary N) is 2. The predicted molar refractivity (Wildman–Crippen MR) is 225 cm³/mol. The van der Waals surface area contributed by atoms with Crippen LogP contribution in [0.5, 0.6) is 0 Å². The summed E-state index contributed by atoms with van der Waals surface area (Å²) in [6.45, 7) is 0. The number of rotatable bonds is 10. The predicted octanol–water partition coefficient (Wildman–Crippen LogP) is 6.49. The van der Waals surface area contributed by atoms with E-state index in [1.807, 2.05) is 12.1 Å². The SMILES string of the molecule is Nc1nccc(-c2cnc(CCC(=O)c3cc4c(s3)CCCC4)c(F)c2)n1.Nc1nccc(Br)n1.O=C(CCc1ncc(B(O)O)cc1F)c1cc2c(s1)CCCC2. The molecule has 0 amide bonds. The maximum Gasteiger partial charge on any atom is 0.490 e. The van der Waals surface area contributed by atoms with Gasteiger partial charge >= 0.3 is 7.12 Å². The van der Waals surface area contributed by atoms with E-state index < -0.39 is 18.8 Å². The van der Waals surface area contributed by atoms with Gasteiger partial charge in [-0.25, -0.2) is 28.7 Å². The molecule has 0 spiro atoms. The molecule has 58 heavy (non-hydrogen) atoms. The van der Waals surface area contributed by atoms with Crippen molar-refractivity contribution < 1.29 is 28.4 Å². The molecule has 2 aliphatic carbocycles. The molecule has 0 unspecified atom stereocenters. The molecule has 6 heterocycles. The number of anilines is 2. The van der Waals surface area contributed by atoms with E-state index in [1.54, 1.807) is 47.2 Å². The fraction of sp³-hybridized carbons (Fsp3) is 0.300. The second-order valence-corrected chi connectivity index (χ2v) is 16.7. The molecule has 12 nitrogen and oxygen atoms in total. The Kier molecular flexibility index (Phi) is 14.9. The molecule has 0 radical (unpaired) electrons. The van der Waals surface area contributed by atoms with Gasteiger partial charge in [-0.3, -0.25) is 19.6 Å². The van der Waals surface area contributed by atoms with E-state index in [0.717, 1.165) is 41.5 Å². The molecule has 300 valence electrons. The van der Waals surface area contributed by atoms with E-state index in [-0.39, 0.29) is 60.0 Å². The molecule has 6 aromatic heterocycles. The van der Waals surface area contributed by atoms with Crippen LogP contribution in [0.25, 0.3) is 11.3 Å². The quantitative estimate of drug-likeness (QED) is 0.0662. The zero-order valence-electron chi connectivity index (χ0n) is 31.3. The van der Waals surface area contributed by atoms with Gasteiger partial charge in [0.1, 0.15) is 16.2 Å². The Morgan fingerprint density at radius 3 is 1.69 bits per heavy atom. The van der Waals surface area contributed by atoms with Crippen molar-refractivity contribution in [2.75, 3.05) is 11.5 Å². The summed E-state index contributed by atoms with van der Waals surface area (Å²) >= 11 is 6.28. The maximum absolute atomic E-state index is 14.4. The number of aryl methyl sites for hydroxylation is 6. The summed E-state index contributed by atoms with van der Waals surface area (Å²) in [6, 6.07) is 9.79. The van der Waals surface area contributed by atoms with Gasteiger partial charge in [-0.05, 0) is 128 Å². The third-order valence-corrected chi connectivity index (χ3v) is 12.5. The number of carbonyl (C=O) groups is 2. The number of aromatic nitrogens is 6. The van der Waals surface area contributed by atoms with Gasteiger partial charge in [-0.1, -0.05) is 0 Å². The lowest BCUT2D eigenvalue weighted by atomic mass is 9.81. The number of Topliss-reactive ketones (excluding diaryl/α,β-unsaturated/α-hetero) is 2. The molecule has 0 saturated heterocycles. The zero-order valence-corrected chi connectivity index (χ0v) is 34.6. The van der Waals surface area contributed by atoms with Crippen molar-refractivity contribution in [3.8, 4) is 11.3 Å². The molecule has 0 bridgehead atoms. The van der Waals surface area contributed by atoms with Crippen molar-refractivity contribution >= 4 is 74.6 Å². The number of nitrogen functional groups attached to an aromatic ring is 2. The lowest BCUT2D eigenvalue weighted by Crippen LogP contribution is -2.31. The van der Waals surface area contributed by atoms with E-state index in [4.69, 9.17) is 21.5 Å². The van der Waals surface area contributed by atoms with Crippen LogP contribution >= 0.6 is 38.6 Å². The summed E-state index contributed by atoms with van der Waals surface area (Å²) in [5.41, 5.74) is 14.9. The van der Waals surface area contributed by atoms with Crippen LogP contribution in [-0.2, 0) is 38.5 Å². The Morgan fingerprint density at radius 2 is 1.22 bits per heavy atom.